The normalized spacial score (nSPS) is 13.7. The Labute approximate surface area is 258 Å². The van der Waals surface area contributed by atoms with Crippen LogP contribution in [-0.2, 0) is 32.8 Å². The number of hydrogen-bond acceptors (Lipinski definition) is 6. The summed E-state index contributed by atoms with van der Waals surface area (Å²) in [5, 5.41) is 12.4. The van der Waals surface area contributed by atoms with Crippen molar-refractivity contribution < 1.29 is 26.9 Å². The van der Waals surface area contributed by atoms with Gasteiger partial charge >= 0.3 is 5.97 Å². The van der Waals surface area contributed by atoms with E-state index in [2.05, 4.69) is 4.98 Å². The standard InChI is InChI=1S/C32H27F3N4O3S2/c1-2-42-31(40)28-17-43-32(37-28)39-30(21-9-10-25(34)23(16-21)20-4-3-5-22(33)15-20)24(27(38-39)14-18-6-7-18)12-19-8-11-29(44(36)41)26(35)13-19/h3-5,8-11,13,15-18H,2,6-7,12,14H2,1H3,(H2,36,41)/p+1. The SMILES string of the molecule is CCOC(=O)c1csc(-n2nc(CC3CC3)c(Cc3ccc([SH+](N)=O)c(F)c3)c2-c2ccc(F)c(-c3cccc(F)c3)c2)n1. The fourth-order valence-corrected chi connectivity index (χ4v) is 6.37. The van der Waals surface area contributed by atoms with Gasteiger partial charge in [0.25, 0.3) is 0 Å². The zero-order chi connectivity index (χ0) is 31.0. The van der Waals surface area contributed by atoms with Crippen molar-refractivity contribution in [1.82, 2.24) is 14.8 Å². The molecule has 0 aliphatic heterocycles. The van der Waals surface area contributed by atoms with Crippen molar-refractivity contribution in [2.75, 3.05) is 6.61 Å². The van der Waals surface area contributed by atoms with Crippen LogP contribution in [0, 0.1) is 23.4 Å². The van der Waals surface area contributed by atoms with Crippen LogP contribution in [0.15, 0.2) is 70.9 Å². The summed E-state index contributed by atoms with van der Waals surface area (Å²) in [6.45, 7) is 1.90. The minimum atomic E-state index is -2.35. The minimum absolute atomic E-state index is 0.0644. The van der Waals surface area contributed by atoms with Gasteiger partial charge in [0.15, 0.2) is 22.5 Å². The predicted molar refractivity (Wildman–Crippen MR) is 164 cm³/mol. The molecule has 2 heterocycles. The average molecular weight is 638 g/mol. The molecule has 1 fully saturated rings. The number of thiazole rings is 1. The second-order valence-electron chi connectivity index (χ2n) is 10.6. The summed E-state index contributed by atoms with van der Waals surface area (Å²) in [7, 11) is -2.35. The zero-order valence-corrected chi connectivity index (χ0v) is 25.3. The van der Waals surface area contributed by atoms with Gasteiger partial charge in [-0.3, -0.25) is 0 Å². The van der Waals surface area contributed by atoms with Crippen LogP contribution < -0.4 is 5.14 Å². The van der Waals surface area contributed by atoms with Crippen molar-refractivity contribution in [3.63, 3.8) is 0 Å². The number of ether oxygens (including phenoxy) is 1. The second-order valence-corrected chi connectivity index (χ2v) is 12.5. The van der Waals surface area contributed by atoms with Crippen LogP contribution in [0.3, 0.4) is 0 Å². The lowest BCUT2D eigenvalue weighted by Gasteiger charge is -2.12. The van der Waals surface area contributed by atoms with Crippen LogP contribution in [0.4, 0.5) is 13.2 Å². The van der Waals surface area contributed by atoms with Crippen LogP contribution in [-0.4, -0.2) is 27.3 Å². The molecule has 5 aromatic rings. The van der Waals surface area contributed by atoms with E-state index >= 15 is 4.39 Å². The summed E-state index contributed by atoms with van der Waals surface area (Å²) in [6, 6.07) is 14.6. The Bertz CT molecular complexity index is 1900. The molecule has 44 heavy (non-hydrogen) atoms. The first-order valence-electron chi connectivity index (χ1n) is 14.0. The van der Waals surface area contributed by atoms with Crippen molar-refractivity contribution in [1.29, 1.82) is 0 Å². The molecule has 0 saturated heterocycles. The van der Waals surface area contributed by atoms with Crippen LogP contribution in [0.25, 0.3) is 27.5 Å². The maximum absolute atomic E-state index is 15.2. The molecule has 0 bridgehead atoms. The molecule has 1 unspecified atom stereocenters. The van der Waals surface area contributed by atoms with Crippen LogP contribution in [0.5, 0.6) is 0 Å². The molecule has 0 radical (unpaired) electrons. The van der Waals surface area contributed by atoms with Gasteiger partial charge in [-0.15, -0.1) is 16.5 Å². The molecule has 12 heteroatoms. The molecule has 1 aliphatic rings. The largest absolute Gasteiger partial charge is 0.461 e. The molecule has 2 aromatic heterocycles. The van der Waals surface area contributed by atoms with Gasteiger partial charge in [-0.1, -0.05) is 22.4 Å². The first-order valence-corrected chi connectivity index (χ1v) is 16.2. The smallest absolute Gasteiger partial charge is 0.357 e. The number of carbonyl (C=O) groups is 1. The molecule has 7 nitrogen and oxygen atoms in total. The molecule has 0 spiro atoms. The monoisotopic (exact) mass is 637 g/mol. The maximum atomic E-state index is 15.2. The van der Waals surface area contributed by atoms with Gasteiger partial charge in [0.2, 0.25) is 10.0 Å². The number of rotatable bonds is 10. The zero-order valence-electron chi connectivity index (χ0n) is 23.6. The van der Waals surface area contributed by atoms with Gasteiger partial charge < -0.3 is 4.74 Å². The average Bonchev–Trinajstić information content (AvgIpc) is 3.55. The molecule has 226 valence electrons. The molecule has 3 aromatic carbocycles. The Morgan fingerprint density at radius 3 is 2.59 bits per heavy atom. The minimum Gasteiger partial charge on any atom is -0.461 e. The summed E-state index contributed by atoms with van der Waals surface area (Å²) in [5.74, 6) is -1.82. The number of thiol groups is 1. The summed E-state index contributed by atoms with van der Waals surface area (Å²) in [4.78, 5) is 16.9. The Kier molecular flexibility index (Phi) is 8.48. The van der Waals surface area contributed by atoms with Crippen molar-refractivity contribution in [2.45, 2.75) is 37.5 Å². The number of halogens is 3. The number of carbonyl (C=O) groups excluding carboxylic acids is 1. The lowest BCUT2D eigenvalue weighted by Crippen LogP contribution is -2.06. The van der Waals surface area contributed by atoms with Gasteiger partial charge in [-0.2, -0.15) is 5.10 Å². The first-order chi connectivity index (χ1) is 21.2. The summed E-state index contributed by atoms with van der Waals surface area (Å²) >= 11 is 1.20. The van der Waals surface area contributed by atoms with E-state index in [1.807, 2.05) is 0 Å². The van der Waals surface area contributed by atoms with E-state index in [0.29, 0.717) is 39.9 Å². The highest BCUT2D eigenvalue weighted by Gasteiger charge is 2.29. The van der Waals surface area contributed by atoms with Crippen LogP contribution in [0.1, 0.15) is 47.1 Å². The first kappa shape index (κ1) is 29.9. The van der Waals surface area contributed by atoms with E-state index in [-0.39, 0.29) is 29.2 Å². The van der Waals surface area contributed by atoms with Gasteiger partial charge in [0.05, 0.1) is 18.0 Å². The summed E-state index contributed by atoms with van der Waals surface area (Å²) in [5.41, 5.74) is 3.97. The molecule has 1 aliphatic carbocycles. The van der Waals surface area contributed by atoms with E-state index in [9.17, 15) is 17.8 Å². The fraction of sp³-hybridized carbons (Fsp3) is 0.219. The van der Waals surface area contributed by atoms with Gasteiger partial charge in [0.1, 0.15) is 11.6 Å². The summed E-state index contributed by atoms with van der Waals surface area (Å²) < 4.78 is 62.7. The number of benzene rings is 3. The number of nitrogens with two attached hydrogens (primary N) is 1. The number of nitrogens with zero attached hydrogens (tertiary/aromatic N) is 3. The van der Waals surface area contributed by atoms with Crippen molar-refractivity contribution in [2.24, 2.45) is 11.1 Å². The Morgan fingerprint density at radius 2 is 1.89 bits per heavy atom. The lowest BCUT2D eigenvalue weighted by molar-refractivity contribution is 0.0520. The van der Waals surface area contributed by atoms with Crippen LogP contribution in [0.2, 0.25) is 0 Å². The quantitative estimate of drug-likeness (QED) is 0.104. The van der Waals surface area contributed by atoms with E-state index in [4.69, 9.17) is 15.0 Å². The second kappa shape index (κ2) is 12.5. The lowest BCUT2D eigenvalue weighted by atomic mass is 9.94. The predicted octanol–water partition coefficient (Wildman–Crippen LogP) is 6.73. The molecule has 1 saturated carbocycles. The Morgan fingerprint density at radius 1 is 1.07 bits per heavy atom. The topological polar surface area (TPSA) is 100 Å². The van der Waals surface area contributed by atoms with E-state index in [1.165, 1.54) is 47.7 Å². The van der Waals surface area contributed by atoms with E-state index in [0.717, 1.165) is 24.1 Å². The van der Waals surface area contributed by atoms with Crippen molar-refractivity contribution in [3.05, 3.63) is 106 Å². The van der Waals surface area contributed by atoms with Crippen molar-refractivity contribution >= 4 is 28.3 Å². The van der Waals surface area contributed by atoms with Crippen molar-refractivity contribution in [3.8, 4) is 27.5 Å². The molecular weight excluding hydrogens is 610 g/mol. The van der Waals surface area contributed by atoms with Gasteiger partial charge in [-0.25, -0.2) is 27.6 Å². The molecule has 2 N–H and O–H groups in total. The third kappa shape index (κ3) is 6.23. The molecule has 6 rings (SSSR count). The van der Waals surface area contributed by atoms with Gasteiger partial charge in [0, 0.05) is 28.5 Å². The third-order valence-corrected chi connectivity index (χ3v) is 9.06. The summed E-state index contributed by atoms with van der Waals surface area (Å²) in [6.07, 6.45) is 3.02. The highest BCUT2D eigenvalue weighted by atomic mass is 32.2. The Balaban J connectivity index is 1.55. The molecule has 0 amide bonds. The molecule has 1 atom stereocenters. The fourth-order valence-electron chi connectivity index (χ4n) is 5.13. The van der Waals surface area contributed by atoms with E-state index < -0.39 is 34.4 Å². The van der Waals surface area contributed by atoms with E-state index in [1.54, 1.807) is 41.3 Å². The Hall–Kier alpha value is -4.13. The number of hydrogen-bond donors (Lipinski definition) is 1. The maximum Gasteiger partial charge on any atom is 0.357 e. The van der Waals surface area contributed by atoms with Crippen LogP contribution >= 0.6 is 11.3 Å². The highest BCUT2D eigenvalue weighted by Crippen LogP contribution is 2.39. The molecular formula is C32H28F3N4O3S2+. The number of esters is 1. The number of aromatic nitrogens is 3. The highest BCUT2D eigenvalue weighted by molar-refractivity contribution is 7.82. The van der Waals surface area contributed by atoms with Gasteiger partial charge in [-0.05, 0) is 85.7 Å². The third-order valence-electron chi connectivity index (χ3n) is 7.41.